The average molecular weight is 217 g/mol. The second-order valence-corrected chi connectivity index (χ2v) is 5.17. The molecule has 0 aliphatic rings. The van der Waals surface area contributed by atoms with Crippen LogP contribution in [-0.2, 0) is 10.1 Å². The highest BCUT2D eigenvalue weighted by Gasteiger charge is 2.05. The predicted molar refractivity (Wildman–Crippen MR) is 57.0 cm³/mol. The van der Waals surface area contributed by atoms with Crippen LogP contribution >= 0.6 is 10.8 Å². The first kappa shape index (κ1) is 10.6. The van der Waals surface area contributed by atoms with Crippen molar-refractivity contribution in [3.63, 3.8) is 0 Å². The molecule has 1 atom stereocenters. The van der Waals surface area contributed by atoms with Gasteiger partial charge in [0.1, 0.15) is 0 Å². The second-order valence-electron chi connectivity index (χ2n) is 2.77. The number of rotatable bonds is 2. The van der Waals surface area contributed by atoms with Crippen LogP contribution in [0.2, 0.25) is 0 Å². The van der Waals surface area contributed by atoms with Crippen molar-refractivity contribution in [2.24, 2.45) is 0 Å². The zero-order valence-corrected chi connectivity index (χ0v) is 9.04. The monoisotopic (exact) mass is 217 g/mol. The molecule has 0 amide bonds. The number of hydrogen-bond donors (Lipinski definition) is 2. The molecule has 0 aromatic heterocycles. The normalized spacial score (nSPS) is 12.8. The minimum Gasteiger partial charge on any atom is -0.399 e. The van der Waals surface area contributed by atoms with Gasteiger partial charge in [-0.25, -0.2) is 4.21 Å². The van der Waals surface area contributed by atoms with E-state index < -0.39 is 10.1 Å². The van der Waals surface area contributed by atoms with Crippen molar-refractivity contribution >= 4 is 26.6 Å². The highest BCUT2D eigenvalue weighted by molar-refractivity contribution is 8.67. The lowest BCUT2D eigenvalue weighted by molar-refractivity contribution is 0.581. The molecular formula is C8H11NO2S2. The quantitative estimate of drug-likeness (QED) is 0.452. The summed E-state index contributed by atoms with van der Waals surface area (Å²) in [6.45, 7) is 3.74. The second kappa shape index (κ2) is 4.13. The van der Waals surface area contributed by atoms with E-state index in [0.717, 1.165) is 26.8 Å². The Bertz CT molecular complexity index is 352. The van der Waals surface area contributed by atoms with Crippen LogP contribution in [0.25, 0.3) is 0 Å². The van der Waals surface area contributed by atoms with Crippen molar-refractivity contribution < 1.29 is 8.76 Å². The molecule has 0 fully saturated rings. The Morgan fingerprint density at radius 3 is 2.54 bits per heavy atom. The van der Waals surface area contributed by atoms with E-state index in [1.165, 1.54) is 0 Å². The lowest BCUT2D eigenvalue weighted by Crippen LogP contribution is -1.92. The molecule has 0 saturated heterocycles. The summed E-state index contributed by atoms with van der Waals surface area (Å²) in [6.07, 6.45) is 0. The average Bonchev–Trinajstić information content (AvgIpc) is 1.99. The SMILES string of the molecule is Cc1cc(SS(=O)O)c(C)cc1N. The van der Waals surface area contributed by atoms with Gasteiger partial charge < -0.3 is 5.73 Å². The lowest BCUT2D eigenvalue weighted by Gasteiger charge is -2.06. The molecule has 3 nitrogen and oxygen atoms in total. The molecule has 3 N–H and O–H groups in total. The molecule has 0 radical (unpaired) electrons. The van der Waals surface area contributed by atoms with E-state index in [2.05, 4.69) is 0 Å². The minimum absolute atomic E-state index is 0.713. The Morgan fingerprint density at radius 1 is 1.38 bits per heavy atom. The van der Waals surface area contributed by atoms with Crippen molar-refractivity contribution in [1.82, 2.24) is 0 Å². The first-order valence-corrected chi connectivity index (χ1v) is 6.10. The standard InChI is InChI=1S/C8H11NO2S2/c1-5-4-8(12-13(10)11)6(2)3-7(5)9/h3-4H,9H2,1-2H3,(H,10,11). The van der Waals surface area contributed by atoms with Crippen LogP contribution in [0.5, 0.6) is 0 Å². The number of nitrogens with two attached hydrogens (primary N) is 1. The summed E-state index contributed by atoms with van der Waals surface area (Å²) in [4.78, 5) is 0.799. The maximum atomic E-state index is 10.6. The highest BCUT2D eigenvalue weighted by atomic mass is 33.1. The summed E-state index contributed by atoms with van der Waals surface area (Å²) >= 11 is 0. The van der Waals surface area contributed by atoms with Crippen LogP contribution in [0.1, 0.15) is 11.1 Å². The summed E-state index contributed by atoms with van der Waals surface area (Å²) in [7, 11) is -0.946. The summed E-state index contributed by atoms with van der Waals surface area (Å²) in [5, 5.41) is 0. The number of nitrogen functional groups attached to an aromatic ring is 1. The molecule has 0 saturated carbocycles. The Balaban J connectivity index is 3.08. The molecule has 1 rings (SSSR count). The van der Waals surface area contributed by atoms with Crippen LogP contribution in [-0.4, -0.2) is 8.76 Å². The lowest BCUT2D eigenvalue weighted by atomic mass is 10.1. The molecule has 5 heteroatoms. The van der Waals surface area contributed by atoms with Gasteiger partial charge in [-0.3, -0.25) is 4.55 Å². The Morgan fingerprint density at radius 2 is 2.00 bits per heavy atom. The topological polar surface area (TPSA) is 63.3 Å². The van der Waals surface area contributed by atoms with E-state index in [-0.39, 0.29) is 0 Å². The predicted octanol–water partition coefficient (Wildman–Crippen LogP) is 2.11. The zero-order valence-electron chi connectivity index (χ0n) is 7.40. The van der Waals surface area contributed by atoms with E-state index >= 15 is 0 Å². The van der Waals surface area contributed by atoms with E-state index in [1.807, 2.05) is 26.0 Å². The van der Waals surface area contributed by atoms with Crippen LogP contribution in [0.4, 0.5) is 5.69 Å². The fraction of sp³-hybridized carbons (Fsp3) is 0.250. The minimum atomic E-state index is -1.87. The highest BCUT2D eigenvalue weighted by Crippen LogP contribution is 2.28. The Hall–Kier alpha value is -0.520. The maximum absolute atomic E-state index is 10.6. The molecule has 72 valence electrons. The smallest absolute Gasteiger partial charge is 0.221 e. The summed E-state index contributed by atoms with van der Waals surface area (Å²) in [5.74, 6) is 0. The van der Waals surface area contributed by atoms with Gasteiger partial charge in [0.15, 0.2) is 0 Å². The molecule has 1 unspecified atom stereocenters. The molecule has 0 heterocycles. The first-order valence-electron chi connectivity index (χ1n) is 3.66. The maximum Gasteiger partial charge on any atom is 0.221 e. The number of anilines is 1. The van der Waals surface area contributed by atoms with E-state index in [1.54, 1.807) is 0 Å². The molecule has 13 heavy (non-hydrogen) atoms. The molecule has 0 spiro atoms. The van der Waals surface area contributed by atoms with Gasteiger partial charge in [0.2, 0.25) is 10.1 Å². The van der Waals surface area contributed by atoms with Gasteiger partial charge in [-0.2, -0.15) is 0 Å². The van der Waals surface area contributed by atoms with E-state index in [4.69, 9.17) is 10.3 Å². The molecular weight excluding hydrogens is 206 g/mol. The van der Waals surface area contributed by atoms with Gasteiger partial charge in [-0.1, -0.05) is 0 Å². The Kier molecular flexibility index (Phi) is 3.35. The van der Waals surface area contributed by atoms with Crippen LogP contribution < -0.4 is 5.73 Å². The molecule has 1 aromatic rings. The fourth-order valence-corrected chi connectivity index (χ4v) is 2.55. The fourth-order valence-electron chi connectivity index (χ4n) is 0.979. The van der Waals surface area contributed by atoms with Crippen molar-refractivity contribution in [2.45, 2.75) is 18.7 Å². The van der Waals surface area contributed by atoms with Crippen molar-refractivity contribution in [2.75, 3.05) is 5.73 Å². The third-order valence-corrected chi connectivity index (χ3v) is 3.45. The zero-order chi connectivity index (χ0) is 10.0. The van der Waals surface area contributed by atoms with Crippen LogP contribution in [0.15, 0.2) is 17.0 Å². The van der Waals surface area contributed by atoms with Gasteiger partial charge in [-0.15, -0.1) is 0 Å². The summed E-state index contributed by atoms with van der Waals surface area (Å²) in [6, 6.07) is 3.63. The van der Waals surface area contributed by atoms with Gasteiger partial charge in [0.05, 0.1) is 0 Å². The first-order chi connectivity index (χ1) is 6.00. The summed E-state index contributed by atoms with van der Waals surface area (Å²) < 4.78 is 19.3. The summed E-state index contributed by atoms with van der Waals surface area (Å²) in [5.41, 5.74) is 8.24. The number of hydrogen-bond acceptors (Lipinski definition) is 3. The molecule has 0 aliphatic heterocycles. The third kappa shape index (κ3) is 2.72. The van der Waals surface area contributed by atoms with Crippen molar-refractivity contribution in [3.05, 3.63) is 23.3 Å². The van der Waals surface area contributed by atoms with Gasteiger partial charge >= 0.3 is 0 Å². The third-order valence-electron chi connectivity index (χ3n) is 1.72. The van der Waals surface area contributed by atoms with Gasteiger partial charge in [-0.05, 0) is 37.1 Å². The number of aryl methyl sites for hydroxylation is 2. The number of benzene rings is 1. The van der Waals surface area contributed by atoms with Gasteiger partial charge in [0, 0.05) is 21.4 Å². The van der Waals surface area contributed by atoms with Gasteiger partial charge in [0.25, 0.3) is 0 Å². The largest absolute Gasteiger partial charge is 0.399 e. The Labute approximate surface area is 83.4 Å². The molecule has 0 bridgehead atoms. The molecule has 0 aliphatic carbocycles. The van der Waals surface area contributed by atoms with Crippen molar-refractivity contribution in [3.8, 4) is 0 Å². The van der Waals surface area contributed by atoms with E-state index in [0.29, 0.717) is 5.69 Å². The molecule has 1 aromatic carbocycles. The van der Waals surface area contributed by atoms with Crippen LogP contribution in [0.3, 0.4) is 0 Å². The van der Waals surface area contributed by atoms with Crippen LogP contribution in [0, 0.1) is 13.8 Å². The van der Waals surface area contributed by atoms with E-state index in [9.17, 15) is 4.21 Å². The van der Waals surface area contributed by atoms with Crippen molar-refractivity contribution in [1.29, 1.82) is 0 Å².